The van der Waals surface area contributed by atoms with Gasteiger partial charge in [0, 0.05) is 50.7 Å². The molecule has 7 heteroatoms. The van der Waals surface area contributed by atoms with Gasteiger partial charge in [-0.05, 0) is 93.4 Å². The van der Waals surface area contributed by atoms with Crippen LogP contribution in [0.25, 0.3) is 54.2 Å². The topological polar surface area (TPSA) is 91.8 Å². The molecule has 0 atom stereocenters. The summed E-state index contributed by atoms with van der Waals surface area (Å²) in [4.78, 5) is 70.9. The highest BCUT2D eigenvalue weighted by atomic mass is 16.2. The van der Waals surface area contributed by atoms with Gasteiger partial charge in [0.15, 0.2) is 0 Å². The van der Waals surface area contributed by atoms with E-state index in [1.54, 1.807) is 12.1 Å². The second-order valence-electron chi connectivity index (χ2n) is 13.0. The number of hydrogen-bond acceptors (Lipinski definition) is 5. The number of carbonyl (C=O) groups excluding carboxylic acids is 5. The highest BCUT2D eigenvalue weighted by molar-refractivity contribution is 6.43. The molecule has 2 heterocycles. The van der Waals surface area contributed by atoms with Crippen molar-refractivity contribution in [2.24, 2.45) is 0 Å². The average molecular weight is 635 g/mol. The van der Waals surface area contributed by atoms with Gasteiger partial charge in [0.1, 0.15) is 6.29 Å². The molecule has 7 nitrogen and oxygen atoms in total. The lowest BCUT2D eigenvalue weighted by Gasteiger charge is -2.35. The number of amides is 4. The van der Waals surface area contributed by atoms with Crippen molar-refractivity contribution in [3.05, 3.63) is 94.5 Å². The van der Waals surface area contributed by atoms with Gasteiger partial charge in [0.2, 0.25) is 0 Å². The van der Waals surface area contributed by atoms with Crippen molar-refractivity contribution in [1.82, 2.24) is 9.80 Å². The second kappa shape index (κ2) is 10.8. The molecule has 0 radical (unpaired) electrons. The van der Waals surface area contributed by atoms with Gasteiger partial charge in [0.25, 0.3) is 23.6 Å². The maximum absolute atomic E-state index is 14.3. The monoisotopic (exact) mass is 634 g/mol. The summed E-state index contributed by atoms with van der Waals surface area (Å²) in [5.41, 5.74) is 4.05. The third-order valence-electron chi connectivity index (χ3n) is 10.8. The Balaban J connectivity index is 1.54. The normalized spacial score (nSPS) is 14.7. The van der Waals surface area contributed by atoms with Crippen LogP contribution >= 0.6 is 0 Å². The molecule has 0 aliphatic carbocycles. The van der Waals surface area contributed by atoms with Crippen LogP contribution in [0, 0.1) is 0 Å². The number of carbonyl (C=O) groups is 5. The van der Waals surface area contributed by atoms with Crippen LogP contribution in [0.15, 0.2) is 66.7 Å². The lowest BCUT2D eigenvalue weighted by atomic mass is 9.79. The molecular formula is C41H34N2O5. The van der Waals surface area contributed by atoms with Crippen LogP contribution in [-0.2, 0) is 0 Å². The summed E-state index contributed by atoms with van der Waals surface area (Å²) in [6.45, 7) is 7.95. The summed E-state index contributed by atoms with van der Waals surface area (Å²) in [7, 11) is 0. The van der Waals surface area contributed by atoms with E-state index >= 15 is 0 Å². The molecule has 0 saturated carbocycles. The third kappa shape index (κ3) is 3.78. The molecule has 0 bridgehead atoms. The van der Waals surface area contributed by atoms with Crippen LogP contribution in [0.5, 0.6) is 0 Å². The SMILES string of the molecule is CCC(CC)N1C(=O)c2ccc3c4ccc5c6c(cc(-c7ccc(C=O)cc7)c(c7ccc(c2c37)C1=O)c64)C(=O)N(C(CC)CC)C5=O. The van der Waals surface area contributed by atoms with Crippen LogP contribution in [0.1, 0.15) is 105 Å². The van der Waals surface area contributed by atoms with E-state index in [1.165, 1.54) is 9.80 Å². The van der Waals surface area contributed by atoms with E-state index in [0.29, 0.717) is 64.3 Å². The Kier molecular flexibility index (Phi) is 6.74. The number of rotatable bonds is 8. The molecule has 4 amide bonds. The highest BCUT2D eigenvalue weighted by Crippen LogP contribution is 2.49. The van der Waals surface area contributed by atoms with E-state index in [0.717, 1.165) is 49.7 Å². The van der Waals surface area contributed by atoms with Crippen LogP contribution in [0.3, 0.4) is 0 Å². The zero-order valence-corrected chi connectivity index (χ0v) is 27.3. The molecular weight excluding hydrogens is 600 g/mol. The van der Waals surface area contributed by atoms with Gasteiger partial charge < -0.3 is 0 Å². The molecule has 0 spiro atoms. The van der Waals surface area contributed by atoms with E-state index in [2.05, 4.69) is 0 Å². The van der Waals surface area contributed by atoms with Crippen molar-refractivity contribution in [3.8, 4) is 11.1 Å². The zero-order valence-electron chi connectivity index (χ0n) is 27.3. The zero-order chi connectivity index (χ0) is 33.6. The molecule has 0 fully saturated rings. The number of hydrogen-bond donors (Lipinski definition) is 0. The largest absolute Gasteiger partial charge is 0.298 e. The molecule has 0 unspecified atom stereocenters. The van der Waals surface area contributed by atoms with Crippen LogP contribution < -0.4 is 0 Å². The van der Waals surface area contributed by atoms with Gasteiger partial charge >= 0.3 is 0 Å². The standard InChI is InChI=1S/C41H34N2O5/c1-5-23(6-2)42-38(45)28-16-13-25-26-14-17-30-36-32(41(48)43(40(30)47)24(7-3)8-4)19-31(22-11-9-21(20-44)10-12-22)34(37(26)36)27-15-18-29(39(42)46)35(28)33(25)27/h9-20,23-24H,5-8H2,1-4H3. The Hall–Kier alpha value is -5.43. The summed E-state index contributed by atoms with van der Waals surface area (Å²) in [5.74, 6) is -1.19. The molecule has 0 N–H and O–H groups in total. The van der Waals surface area contributed by atoms with Crippen molar-refractivity contribution in [1.29, 1.82) is 0 Å². The fourth-order valence-corrected chi connectivity index (χ4v) is 8.34. The first-order valence-corrected chi connectivity index (χ1v) is 16.8. The summed E-state index contributed by atoms with van der Waals surface area (Å²) < 4.78 is 0. The number of fused-ring (bicyclic) bond motifs is 2. The minimum Gasteiger partial charge on any atom is -0.298 e. The number of aldehydes is 1. The van der Waals surface area contributed by atoms with Gasteiger partial charge in [-0.2, -0.15) is 0 Å². The number of imide groups is 2. The first-order valence-electron chi connectivity index (χ1n) is 16.8. The van der Waals surface area contributed by atoms with E-state index in [-0.39, 0.29) is 35.7 Å². The Labute approximate surface area is 277 Å². The lowest BCUT2D eigenvalue weighted by Crippen LogP contribution is -2.46. The molecule has 2 aliphatic rings. The lowest BCUT2D eigenvalue weighted by molar-refractivity contribution is 0.0514. The Bertz CT molecular complexity index is 2380. The van der Waals surface area contributed by atoms with Crippen molar-refractivity contribution in [3.63, 3.8) is 0 Å². The van der Waals surface area contributed by atoms with Gasteiger partial charge in [-0.3, -0.25) is 33.8 Å². The molecule has 0 saturated heterocycles. The number of benzene rings is 6. The molecule has 238 valence electrons. The molecule has 2 aliphatic heterocycles. The quantitative estimate of drug-likeness (QED) is 0.0722. The maximum atomic E-state index is 14.3. The minimum atomic E-state index is -0.315. The molecule has 8 rings (SSSR count). The Morgan fingerprint density at radius 1 is 0.479 bits per heavy atom. The summed E-state index contributed by atoms with van der Waals surface area (Å²) in [6.07, 6.45) is 3.42. The summed E-state index contributed by atoms with van der Waals surface area (Å²) >= 11 is 0. The van der Waals surface area contributed by atoms with Gasteiger partial charge in [-0.25, -0.2) is 0 Å². The molecule has 6 aromatic rings. The first-order chi connectivity index (χ1) is 23.3. The van der Waals surface area contributed by atoms with E-state index in [4.69, 9.17) is 0 Å². The Morgan fingerprint density at radius 3 is 1.40 bits per heavy atom. The van der Waals surface area contributed by atoms with E-state index in [9.17, 15) is 24.0 Å². The van der Waals surface area contributed by atoms with Gasteiger partial charge in [0.05, 0.1) is 0 Å². The van der Waals surface area contributed by atoms with Crippen LogP contribution in [0.2, 0.25) is 0 Å². The highest BCUT2D eigenvalue weighted by Gasteiger charge is 2.40. The molecule has 0 aromatic heterocycles. The molecule has 6 aromatic carbocycles. The molecule has 48 heavy (non-hydrogen) atoms. The fraction of sp³-hybridized carbons (Fsp3) is 0.244. The van der Waals surface area contributed by atoms with Crippen molar-refractivity contribution in [2.45, 2.75) is 65.5 Å². The average Bonchev–Trinajstić information content (AvgIpc) is 3.12. The van der Waals surface area contributed by atoms with Crippen molar-refractivity contribution in [2.75, 3.05) is 0 Å². The van der Waals surface area contributed by atoms with Gasteiger partial charge in [-0.15, -0.1) is 0 Å². The maximum Gasteiger partial charge on any atom is 0.261 e. The van der Waals surface area contributed by atoms with Crippen LogP contribution in [-0.4, -0.2) is 51.8 Å². The van der Waals surface area contributed by atoms with Gasteiger partial charge in [-0.1, -0.05) is 70.2 Å². The Morgan fingerprint density at radius 2 is 0.917 bits per heavy atom. The third-order valence-corrected chi connectivity index (χ3v) is 10.8. The predicted molar refractivity (Wildman–Crippen MR) is 188 cm³/mol. The smallest absolute Gasteiger partial charge is 0.261 e. The second-order valence-corrected chi connectivity index (χ2v) is 13.0. The number of nitrogens with zero attached hydrogens (tertiary/aromatic N) is 2. The first kappa shape index (κ1) is 29.9. The van der Waals surface area contributed by atoms with E-state index in [1.807, 2.05) is 82.3 Å². The van der Waals surface area contributed by atoms with E-state index < -0.39 is 0 Å². The van der Waals surface area contributed by atoms with Crippen LogP contribution in [0.4, 0.5) is 0 Å². The van der Waals surface area contributed by atoms with Crippen molar-refractivity contribution < 1.29 is 24.0 Å². The predicted octanol–water partition coefficient (Wildman–Crippen LogP) is 8.79. The fourth-order valence-electron chi connectivity index (χ4n) is 8.34. The summed E-state index contributed by atoms with van der Waals surface area (Å²) in [6, 6.07) is 20.0. The minimum absolute atomic E-state index is 0.201. The van der Waals surface area contributed by atoms with Crippen molar-refractivity contribution >= 4 is 73.0 Å². The summed E-state index contributed by atoms with van der Waals surface area (Å²) in [5, 5.41) is 6.22.